The van der Waals surface area contributed by atoms with Crippen molar-refractivity contribution in [2.45, 2.75) is 33.2 Å². The highest BCUT2D eigenvalue weighted by atomic mass is 16.6. The molecule has 0 amide bonds. The average molecular weight is 160 g/mol. The van der Waals surface area contributed by atoms with Crippen LogP contribution in [0.4, 0.5) is 0 Å². The monoisotopic (exact) mass is 160 g/mol. The summed E-state index contributed by atoms with van der Waals surface area (Å²) in [6.07, 6.45) is 0. The van der Waals surface area contributed by atoms with Crippen LogP contribution in [0.1, 0.15) is 27.7 Å². The molecule has 11 heavy (non-hydrogen) atoms. The Kier molecular flexibility index (Phi) is 4.65. The SMILES string of the molecule is CCONCC(C)C(C)(C)N. The minimum atomic E-state index is -0.135. The number of hydrogen-bond donors (Lipinski definition) is 2. The van der Waals surface area contributed by atoms with Crippen molar-refractivity contribution in [1.29, 1.82) is 0 Å². The molecule has 0 aromatic heterocycles. The fourth-order valence-corrected chi connectivity index (χ4v) is 0.549. The smallest absolute Gasteiger partial charge is 0.0653 e. The molecule has 3 nitrogen and oxygen atoms in total. The van der Waals surface area contributed by atoms with Crippen molar-refractivity contribution in [1.82, 2.24) is 5.48 Å². The number of nitrogens with one attached hydrogen (secondary N) is 1. The maximum Gasteiger partial charge on any atom is 0.0653 e. The van der Waals surface area contributed by atoms with Crippen LogP contribution in [0.25, 0.3) is 0 Å². The summed E-state index contributed by atoms with van der Waals surface area (Å²) in [6, 6.07) is 0. The molecule has 1 atom stereocenters. The summed E-state index contributed by atoms with van der Waals surface area (Å²) in [7, 11) is 0. The molecule has 0 aliphatic carbocycles. The van der Waals surface area contributed by atoms with Gasteiger partial charge in [-0.05, 0) is 26.7 Å². The maximum atomic E-state index is 5.87. The second-order valence-corrected chi connectivity index (χ2v) is 3.50. The molecule has 0 aromatic carbocycles. The molecule has 3 heteroatoms. The zero-order valence-corrected chi connectivity index (χ0v) is 7.98. The first-order valence-corrected chi connectivity index (χ1v) is 4.12. The van der Waals surface area contributed by atoms with E-state index < -0.39 is 0 Å². The van der Waals surface area contributed by atoms with E-state index >= 15 is 0 Å². The van der Waals surface area contributed by atoms with Crippen LogP contribution in [0.2, 0.25) is 0 Å². The summed E-state index contributed by atoms with van der Waals surface area (Å²) in [5, 5.41) is 0. The number of rotatable bonds is 5. The van der Waals surface area contributed by atoms with E-state index in [0.717, 1.165) is 6.54 Å². The number of hydroxylamine groups is 1. The first-order chi connectivity index (χ1) is 4.98. The summed E-state index contributed by atoms with van der Waals surface area (Å²) >= 11 is 0. The standard InChI is InChI=1S/C8H20N2O/c1-5-11-10-6-7(2)8(3,4)9/h7,10H,5-6,9H2,1-4H3. The van der Waals surface area contributed by atoms with E-state index in [1.807, 2.05) is 20.8 Å². The minimum Gasteiger partial charge on any atom is -0.325 e. The third kappa shape index (κ3) is 5.18. The lowest BCUT2D eigenvalue weighted by molar-refractivity contribution is 0.0368. The highest BCUT2D eigenvalue weighted by Crippen LogP contribution is 2.10. The largest absolute Gasteiger partial charge is 0.325 e. The summed E-state index contributed by atoms with van der Waals surface area (Å²) < 4.78 is 0. The third-order valence-electron chi connectivity index (χ3n) is 1.91. The topological polar surface area (TPSA) is 47.3 Å². The molecule has 0 spiro atoms. The van der Waals surface area contributed by atoms with E-state index in [9.17, 15) is 0 Å². The Labute approximate surface area is 69.3 Å². The van der Waals surface area contributed by atoms with Gasteiger partial charge < -0.3 is 10.6 Å². The van der Waals surface area contributed by atoms with E-state index in [1.54, 1.807) is 0 Å². The van der Waals surface area contributed by atoms with Gasteiger partial charge in [0.1, 0.15) is 0 Å². The van der Waals surface area contributed by atoms with Gasteiger partial charge in [-0.3, -0.25) is 0 Å². The molecule has 0 aliphatic heterocycles. The Hall–Kier alpha value is -0.120. The molecule has 1 unspecified atom stereocenters. The zero-order chi connectivity index (χ0) is 8.91. The Morgan fingerprint density at radius 2 is 2.09 bits per heavy atom. The van der Waals surface area contributed by atoms with E-state index in [1.165, 1.54) is 0 Å². The highest BCUT2D eigenvalue weighted by molar-refractivity contribution is 4.79. The lowest BCUT2D eigenvalue weighted by Crippen LogP contribution is -2.44. The van der Waals surface area contributed by atoms with Crippen molar-refractivity contribution < 1.29 is 4.84 Å². The Bertz CT molecular complexity index is 98.8. The second-order valence-electron chi connectivity index (χ2n) is 3.50. The Balaban J connectivity index is 3.44. The first kappa shape index (κ1) is 10.9. The normalized spacial score (nSPS) is 15.0. The fraction of sp³-hybridized carbons (Fsp3) is 1.00. The number of nitrogens with two attached hydrogens (primary N) is 1. The molecule has 0 aliphatic rings. The Morgan fingerprint density at radius 3 is 2.45 bits per heavy atom. The van der Waals surface area contributed by atoms with Crippen LogP contribution < -0.4 is 11.2 Å². The van der Waals surface area contributed by atoms with Crippen molar-refractivity contribution in [3.8, 4) is 0 Å². The molecule has 3 N–H and O–H groups in total. The van der Waals surface area contributed by atoms with Gasteiger partial charge >= 0.3 is 0 Å². The quantitative estimate of drug-likeness (QED) is 0.464. The van der Waals surface area contributed by atoms with Gasteiger partial charge in [-0.2, -0.15) is 0 Å². The van der Waals surface area contributed by atoms with Crippen LogP contribution in [0.15, 0.2) is 0 Å². The van der Waals surface area contributed by atoms with E-state index in [0.29, 0.717) is 12.5 Å². The fourth-order valence-electron chi connectivity index (χ4n) is 0.549. The molecule has 0 radical (unpaired) electrons. The van der Waals surface area contributed by atoms with Crippen molar-refractivity contribution in [2.24, 2.45) is 11.7 Å². The molecule has 0 bridgehead atoms. The van der Waals surface area contributed by atoms with Gasteiger partial charge in [-0.25, -0.2) is 5.48 Å². The van der Waals surface area contributed by atoms with Crippen LogP contribution in [0, 0.1) is 5.92 Å². The van der Waals surface area contributed by atoms with Gasteiger partial charge in [-0.15, -0.1) is 0 Å². The summed E-state index contributed by atoms with van der Waals surface area (Å²) in [5.41, 5.74) is 8.59. The predicted molar refractivity (Wildman–Crippen MR) is 47.1 cm³/mol. The number of hydrogen-bond acceptors (Lipinski definition) is 3. The van der Waals surface area contributed by atoms with E-state index in [2.05, 4.69) is 12.4 Å². The van der Waals surface area contributed by atoms with Crippen LogP contribution in [-0.4, -0.2) is 18.7 Å². The van der Waals surface area contributed by atoms with Crippen molar-refractivity contribution in [2.75, 3.05) is 13.2 Å². The molecule has 68 valence electrons. The Morgan fingerprint density at radius 1 is 1.55 bits per heavy atom. The maximum absolute atomic E-state index is 5.87. The summed E-state index contributed by atoms with van der Waals surface area (Å²) in [6.45, 7) is 9.59. The predicted octanol–water partition coefficient (Wildman–Crippen LogP) is 0.901. The average Bonchev–Trinajstić information content (AvgIpc) is 1.86. The molecular weight excluding hydrogens is 140 g/mol. The van der Waals surface area contributed by atoms with Crippen molar-refractivity contribution in [3.05, 3.63) is 0 Å². The molecule has 0 saturated carbocycles. The van der Waals surface area contributed by atoms with Crippen molar-refractivity contribution in [3.63, 3.8) is 0 Å². The minimum absolute atomic E-state index is 0.135. The van der Waals surface area contributed by atoms with Crippen LogP contribution in [-0.2, 0) is 4.84 Å². The molecular formula is C8H20N2O. The van der Waals surface area contributed by atoms with E-state index in [-0.39, 0.29) is 5.54 Å². The van der Waals surface area contributed by atoms with E-state index in [4.69, 9.17) is 10.6 Å². The molecule has 0 heterocycles. The molecule has 0 aromatic rings. The summed E-state index contributed by atoms with van der Waals surface area (Å²) in [5.74, 6) is 0.411. The molecule has 0 rings (SSSR count). The van der Waals surface area contributed by atoms with Crippen LogP contribution in [0.3, 0.4) is 0 Å². The van der Waals surface area contributed by atoms with Gasteiger partial charge in [0.2, 0.25) is 0 Å². The zero-order valence-electron chi connectivity index (χ0n) is 7.98. The third-order valence-corrected chi connectivity index (χ3v) is 1.91. The first-order valence-electron chi connectivity index (χ1n) is 4.12. The van der Waals surface area contributed by atoms with Gasteiger partial charge in [0.25, 0.3) is 0 Å². The molecule has 0 fully saturated rings. The van der Waals surface area contributed by atoms with Gasteiger partial charge in [0, 0.05) is 12.1 Å². The van der Waals surface area contributed by atoms with Gasteiger partial charge in [0.05, 0.1) is 6.61 Å². The summed E-state index contributed by atoms with van der Waals surface area (Å²) in [4.78, 5) is 4.99. The van der Waals surface area contributed by atoms with Crippen LogP contribution >= 0.6 is 0 Å². The van der Waals surface area contributed by atoms with Crippen molar-refractivity contribution >= 4 is 0 Å². The lowest BCUT2D eigenvalue weighted by atomic mass is 9.90. The second kappa shape index (κ2) is 4.70. The van der Waals surface area contributed by atoms with Gasteiger partial charge in [-0.1, -0.05) is 6.92 Å². The highest BCUT2D eigenvalue weighted by Gasteiger charge is 2.19. The van der Waals surface area contributed by atoms with Crippen LogP contribution in [0.5, 0.6) is 0 Å². The lowest BCUT2D eigenvalue weighted by Gasteiger charge is -2.26. The van der Waals surface area contributed by atoms with Gasteiger partial charge in [0.15, 0.2) is 0 Å². The molecule has 0 saturated heterocycles.